The first-order valence-corrected chi connectivity index (χ1v) is 7.29. The van der Waals surface area contributed by atoms with Crippen LogP contribution in [0.15, 0.2) is 47.2 Å². The van der Waals surface area contributed by atoms with E-state index in [1.54, 1.807) is 12.1 Å². The summed E-state index contributed by atoms with van der Waals surface area (Å²) in [5.74, 6) is -0.241. The summed E-state index contributed by atoms with van der Waals surface area (Å²) in [5, 5.41) is 14.5. The molecule has 1 aromatic carbocycles. The van der Waals surface area contributed by atoms with Crippen LogP contribution in [0, 0.1) is 16.6 Å². The standard InChI is InChI=1S/C17H20FN3/c1-17-9-12(10-19)16(8-13(17)6-7-20-11-17)21-15-4-2-14(18)3-5-15/h2-5,8,10,19-21H,6-7,9,11H2,1H3. The predicted molar refractivity (Wildman–Crippen MR) is 84.1 cm³/mol. The van der Waals surface area contributed by atoms with Gasteiger partial charge in [-0.05, 0) is 55.3 Å². The second-order valence-corrected chi connectivity index (χ2v) is 6.05. The maximum absolute atomic E-state index is 13.0. The first kappa shape index (κ1) is 14.0. The molecule has 3 nitrogen and oxygen atoms in total. The van der Waals surface area contributed by atoms with Gasteiger partial charge in [-0.25, -0.2) is 4.39 Å². The highest BCUT2D eigenvalue weighted by Crippen LogP contribution is 2.42. The highest BCUT2D eigenvalue weighted by atomic mass is 19.1. The Kier molecular flexibility index (Phi) is 3.64. The Bertz CT molecular complexity index is 615. The topological polar surface area (TPSA) is 47.9 Å². The third-order valence-electron chi connectivity index (χ3n) is 4.40. The van der Waals surface area contributed by atoms with Gasteiger partial charge in [0, 0.05) is 29.6 Å². The summed E-state index contributed by atoms with van der Waals surface area (Å²) in [5.41, 5.74) is 4.34. The van der Waals surface area contributed by atoms with Gasteiger partial charge in [0.25, 0.3) is 0 Å². The average molecular weight is 285 g/mol. The summed E-state index contributed by atoms with van der Waals surface area (Å²) >= 11 is 0. The van der Waals surface area contributed by atoms with Gasteiger partial charge in [-0.2, -0.15) is 0 Å². The van der Waals surface area contributed by atoms with Crippen molar-refractivity contribution in [3.63, 3.8) is 0 Å². The molecule has 0 radical (unpaired) electrons. The van der Waals surface area contributed by atoms with E-state index in [1.165, 1.54) is 23.9 Å². The zero-order valence-corrected chi connectivity index (χ0v) is 12.2. The van der Waals surface area contributed by atoms with Crippen LogP contribution in [-0.4, -0.2) is 19.3 Å². The van der Waals surface area contributed by atoms with Crippen LogP contribution in [0.5, 0.6) is 0 Å². The van der Waals surface area contributed by atoms with Gasteiger partial charge < -0.3 is 16.0 Å². The van der Waals surface area contributed by atoms with Crippen molar-refractivity contribution < 1.29 is 4.39 Å². The molecule has 1 saturated heterocycles. The summed E-state index contributed by atoms with van der Waals surface area (Å²) in [4.78, 5) is 0. The Balaban J connectivity index is 1.90. The monoisotopic (exact) mass is 285 g/mol. The molecule has 1 atom stereocenters. The number of halogens is 1. The van der Waals surface area contributed by atoms with Gasteiger partial charge in [0.1, 0.15) is 5.82 Å². The van der Waals surface area contributed by atoms with Gasteiger partial charge in [-0.1, -0.05) is 12.5 Å². The Morgan fingerprint density at radius 3 is 2.81 bits per heavy atom. The van der Waals surface area contributed by atoms with Crippen LogP contribution in [-0.2, 0) is 0 Å². The summed E-state index contributed by atoms with van der Waals surface area (Å²) in [7, 11) is 0. The van der Waals surface area contributed by atoms with Crippen LogP contribution in [0.1, 0.15) is 19.8 Å². The third kappa shape index (κ3) is 2.76. The van der Waals surface area contributed by atoms with Crippen molar-refractivity contribution in [1.29, 1.82) is 5.41 Å². The van der Waals surface area contributed by atoms with E-state index in [2.05, 4.69) is 23.6 Å². The Labute approximate surface area is 124 Å². The molecule has 1 heterocycles. The van der Waals surface area contributed by atoms with Gasteiger partial charge in [0.15, 0.2) is 0 Å². The third-order valence-corrected chi connectivity index (χ3v) is 4.40. The average Bonchev–Trinajstić information content (AvgIpc) is 2.49. The number of nitrogens with one attached hydrogen (secondary N) is 3. The molecule has 0 bridgehead atoms. The maximum atomic E-state index is 13.0. The van der Waals surface area contributed by atoms with E-state index in [1.807, 2.05) is 0 Å². The second-order valence-electron chi connectivity index (χ2n) is 6.05. The Hall–Kier alpha value is -1.94. The largest absolute Gasteiger partial charge is 0.355 e. The minimum absolute atomic E-state index is 0.110. The summed E-state index contributed by atoms with van der Waals surface area (Å²) in [6.07, 6.45) is 5.50. The molecule has 1 aromatic rings. The number of anilines is 1. The van der Waals surface area contributed by atoms with E-state index in [-0.39, 0.29) is 11.2 Å². The molecule has 1 aliphatic heterocycles. The van der Waals surface area contributed by atoms with Crippen molar-refractivity contribution in [3.05, 3.63) is 53.0 Å². The van der Waals surface area contributed by atoms with E-state index in [0.717, 1.165) is 42.9 Å². The van der Waals surface area contributed by atoms with Crippen molar-refractivity contribution in [1.82, 2.24) is 5.32 Å². The smallest absolute Gasteiger partial charge is 0.123 e. The second kappa shape index (κ2) is 5.45. The molecule has 0 amide bonds. The number of hydrogen-bond acceptors (Lipinski definition) is 3. The molecular formula is C17H20FN3. The summed E-state index contributed by atoms with van der Waals surface area (Å²) < 4.78 is 13.0. The lowest BCUT2D eigenvalue weighted by Crippen LogP contribution is -2.41. The summed E-state index contributed by atoms with van der Waals surface area (Å²) in [6, 6.07) is 6.33. The minimum atomic E-state index is -0.241. The minimum Gasteiger partial charge on any atom is -0.355 e. The van der Waals surface area contributed by atoms with Crippen molar-refractivity contribution in [3.8, 4) is 0 Å². The highest BCUT2D eigenvalue weighted by molar-refractivity contribution is 5.80. The lowest BCUT2D eigenvalue weighted by Gasteiger charge is -2.40. The zero-order chi connectivity index (χ0) is 14.9. The first-order valence-electron chi connectivity index (χ1n) is 7.29. The van der Waals surface area contributed by atoms with Crippen LogP contribution >= 0.6 is 0 Å². The SMILES string of the molecule is CC12CNCCC1=CC(Nc1ccc(F)cc1)=C(C=N)C2. The van der Waals surface area contributed by atoms with Crippen molar-refractivity contribution in [2.24, 2.45) is 5.41 Å². The molecule has 0 saturated carbocycles. The van der Waals surface area contributed by atoms with Crippen molar-refractivity contribution >= 4 is 11.9 Å². The fraction of sp³-hybridized carbons (Fsp3) is 0.353. The fourth-order valence-corrected chi connectivity index (χ4v) is 3.14. The van der Waals surface area contributed by atoms with Crippen molar-refractivity contribution in [2.75, 3.05) is 18.4 Å². The van der Waals surface area contributed by atoms with E-state index in [9.17, 15) is 4.39 Å². The molecule has 110 valence electrons. The summed E-state index contributed by atoms with van der Waals surface area (Å²) in [6.45, 7) is 4.22. The van der Waals surface area contributed by atoms with Crippen molar-refractivity contribution in [2.45, 2.75) is 19.8 Å². The molecular weight excluding hydrogens is 265 g/mol. The van der Waals surface area contributed by atoms with E-state index in [0.29, 0.717) is 0 Å². The number of hydrogen-bond donors (Lipinski definition) is 3. The molecule has 4 heteroatoms. The quantitative estimate of drug-likeness (QED) is 0.745. The molecule has 3 rings (SSSR count). The first-order chi connectivity index (χ1) is 10.1. The van der Waals surface area contributed by atoms with E-state index < -0.39 is 0 Å². The lowest BCUT2D eigenvalue weighted by molar-refractivity contribution is 0.320. The van der Waals surface area contributed by atoms with Gasteiger partial charge >= 0.3 is 0 Å². The van der Waals surface area contributed by atoms with E-state index in [4.69, 9.17) is 5.41 Å². The number of allylic oxidation sites excluding steroid dienone is 2. The molecule has 1 unspecified atom stereocenters. The lowest BCUT2D eigenvalue weighted by atomic mass is 9.70. The van der Waals surface area contributed by atoms with Gasteiger partial charge in [-0.3, -0.25) is 0 Å². The fourth-order valence-electron chi connectivity index (χ4n) is 3.14. The predicted octanol–water partition coefficient (Wildman–Crippen LogP) is 3.47. The molecule has 0 aromatic heterocycles. The highest BCUT2D eigenvalue weighted by Gasteiger charge is 2.35. The number of rotatable bonds is 3. The molecule has 3 N–H and O–H groups in total. The molecule has 1 fully saturated rings. The van der Waals surface area contributed by atoms with Crippen LogP contribution in [0.3, 0.4) is 0 Å². The number of piperidine rings is 1. The van der Waals surface area contributed by atoms with Gasteiger partial charge in [0.2, 0.25) is 0 Å². The molecule has 1 aliphatic carbocycles. The zero-order valence-electron chi connectivity index (χ0n) is 12.2. The maximum Gasteiger partial charge on any atom is 0.123 e. The normalized spacial score (nSPS) is 25.1. The Morgan fingerprint density at radius 2 is 2.10 bits per heavy atom. The van der Waals surface area contributed by atoms with Gasteiger partial charge in [-0.15, -0.1) is 0 Å². The number of fused-ring (bicyclic) bond motifs is 1. The van der Waals surface area contributed by atoms with Crippen LogP contribution in [0.4, 0.5) is 10.1 Å². The van der Waals surface area contributed by atoms with Crippen LogP contribution < -0.4 is 10.6 Å². The Morgan fingerprint density at radius 1 is 1.33 bits per heavy atom. The molecule has 21 heavy (non-hydrogen) atoms. The molecule has 0 spiro atoms. The van der Waals surface area contributed by atoms with Gasteiger partial charge in [0.05, 0.1) is 0 Å². The van der Waals surface area contributed by atoms with Crippen LogP contribution in [0.25, 0.3) is 0 Å². The van der Waals surface area contributed by atoms with E-state index >= 15 is 0 Å². The molecule has 2 aliphatic rings. The van der Waals surface area contributed by atoms with Crippen LogP contribution in [0.2, 0.25) is 0 Å². The number of benzene rings is 1.